The molecule has 0 fully saturated rings. The van der Waals surface area contributed by atoms with Crippen LogP contribution in [-0.2, 0) is 24.9 Å². The number of aryl methyl sites for hydroxylation is 2. The van der Waals surface area contributed by atoms with Crippen molar-refractivity contribution in [2.45, 2.75) is 88.5 Å². The maximum atomic E-state index is 11.8. The SMILES string of the molecule is C/C(C(=O)C(C)(C)C)=C(/O)C(C)(C)C.CCC(C)c1ccc2c(-c3[c-]c(C)cc(C)c3)nccc2c1.[Ir]. The number of nitrogens with zero attached hydrogens (tertiary/aromatic N) is 1. The van der Waals surface area contributed by atoms with E-state index in [4.69, 9.17) is 0 Å². The van der Waals surface area contributed by atoms with E-state index in [0.29, 0.717) is 11.5 Å². The van der Waals surface area contributed by atoms with Gasteiger partial charge in [-0.2, -0.15) is 0 Å². The predicted molar refractivity (Wildman–Crippen MR) is 153 cm³/mol. The molecule has 3 nitrogen and oxygen atoms in total. The van der Waals surface area contributed by atoms with E-state index < -0.39 is 5.41 Å². The van der Waals surface area contributed by atoms with Gasteiger partial charge in [0.1, 0.15) is 5.76 Å². The van der Waals surface area contributed by atoms with Crippen LogP contribution < -0.4 is 0 Å². The molecular formula is C33H44IrNO2-. The molecule has 0 aliphatic carbocycles. The fourth-order valence-electron chi connectivity index (χ4n) is 4.21. The van der Waals surface area contributed by atoms with Gasteiger partial charge in [0.2, 0.25) is 0 Å². The zero-order valence-corrected chi connectivity index (χ0v) is 26.9. The summed E-state index contributed by atoms with van der Waals surface area (Å²) in [6.45, 7) is 21.6. The Morgan fingerprint density at radius 2 is 1.62 bits per heavy atom. The van der Waals surface area contributed by atoms with E-state index in [1.165, 1.54) is 21.9 Å². The third-order valence-electron chi connectivity index (χ3n) is 6.46. The van der Waals surface area contributed by atoms with Crippen molar-refractivity contribution in [1.29, 1.82) is 0 Å². The summed E-state index contributed by atoms with van der Waals surface area (Å²) in [5.74, 6) is 0.788. The fraction of sp³-hybridized carbons (Fsp3) is 0.455. The minimum Gasteiger partial charge on any atom is -0.511 e. The van der Waals surface area contributed by atoms with Gasteiger partial charge in [-0.3, -0.25) is 4.79 Å². The molecule has 1 atom stereocenters. The maximum absolute atomic E-state index is 11.8. The molecule has 3 rings (SSSR count). The van der Waals surface area contributed by atoms with E-state index >= 15 is 0 Å². The number of hydrogen-bond acceptors (Lipinski definition) is 3. The van der Waals surface area contributed by atoms with Crippen LogP contribution in [0.5, 0.6) is 0 Å². The van der Waals surface area contributed by atoms with Crippen LogP contribution in [0.2, 0.25) is 0 Å². The van der Waals surface area contributed by atoms with Gasteiger partial charge in [-0.15, -0.1) is 34.9 Å². The van der Waals surface area contributed by atoms with Crippen LogP contribution >= 0.6 is 0 Å². The number of allylic oxidation sites excluding steroid dienone is 2. The third kappa shape index (κ3) is 8.62. The number of pyridine rings is 1. The number of hydrogen-bond donors (Lipinski definition) is 1. The summed E-state index contributed by atoms with van der Waals surface area (Å²) in [6.07, 6.45) is 3.07. The molecule has 1 aromatic heterocycles. The van der Waals surface area contributed by atoms with E-state index in [-0.39, 0.29) is 37.1 Å². The molecule has 4 heteroatoms. The molecule has 3 aromatic rings. The minimum atomic E-state index is -0.427. The molecule has 1 unspecified atom stereocenters. The van der Waals surface area contributed by atoms with Crippen LogP contribution in [0.3, 0.4) is 0 Å². The summed E-state index contributed by atoms with van der Waals surface area (Å²) in [6, 6.07) is 16.6. The van der Waals surface area contributed by atoms with Crippen molar-refractivity contribution in [3.8, 4) is 11.3 Å². The van der Waals surface area contributed by atoms with E-state index in [2.05, 4.69) is 75.1 Å². The van der Waals surface area contributed by atoms with Gasteiger partial charge >= 0.3 is 0 Å². The molecule has 1 heterocycles. The number of fused-ring (bicyclic) bond motifs is 1. The number of carbonyl (C=O) groups is 1. The van der Waals surface area contributed by atoms with Gasteiger partial charge < -0.3 is 10.1 Å². The second kappa shape index (κ2) is 13.0. The monoisotopic (exact) mass is 679 g/mol. The first-order valence-electron chi connectivity index (χ1n) is 12.9. The van der Waals surface area contributed by atoms with Crippen molar-refractivity contribution in [3.05, 3.63) is 76.7 Å². The number of Topliss-reactive ketones (excluding diaryl/α,β-unsaturated/α-hetero) is 1. The molecule has 37 heavy (non-hydrogen) atoms. The van der Waals surface area contributed by atoms with Crippen LogP contribution in [-0.4, -0.2) is 15.9 Å². The third-order valence-corrected chi connectivity index (χ3v) is 6.46. The second-order valence-electron chi connectivity index (χ2n) is 12.0. The number of aliphatic hydroxyl groups excluding tert-OH is 1. The zero-order valence-electron chi connectivity index (χ0n) is 24.5. The first kappa shape index (κ1) is 32.7. The van der Waals surface area contributed by atoms with Crippen LogP contribution in [0.15, 0.2) is 53.9 Å². The van der Waals surface area contributed by atoms with Crippen molar-refractivity contribution in [2.75, 3.05) is 0 Å². The van der Waals surface area contributed by atoms with Crippen molar-refractivity contribution in [2.24, 2.45) is 10.8 Å². The van der Waals surface area contributed by atoms with Crippen LogP contribution in [0, 0.1) is 30.7 Å². The summed E-state index contributed by atoms with van der Waals surface area (Å²) < 4.78 is 0. The van der Waals surface area contributed by atoms with E-state index in [0.717, 1.165) is 23.2 Å². The van der Waals surface area contributed by atoms with Gasteiger partial charge in [0.25, 0.3) is 0 Å². The van der Waals surface area contributed by atoms with Gasteiger partial charge in [-0.1, -0.05) is 87.4 Å². The normalized spacial score (nSPS) is 13.2. The first-order chi connectivity index (χ1) is 16.6. The van der Waals surface area contributed by atoms with Gasteiger partial charge in [0, 0.05) is 42.7 Å². The van der Waals surface area contributed by atoms with E-state index in [1.807, 2.05) is 47.7 Å². The molecule has 0 aliphatic heterocycles. The number of ketones is 1. The predicted octanol–water partition coefficient (Wildman–Crippen LogP) is 9.31. The summed E-state index contributed by atoms with van der Waals surface area (Å²) in [4.78, 5) is 16.5. The number of aromatic nitrogens is 1. The smallest absolute Gasteiger partial charge is 0.167 e. The molecule has 1 radical (unpaired) electrons. The Bertz CT molecular complexity index is 1240. The van der Waals surface area contributed by atoms with E-state index in [9.17, 15) is 9.90 Å². The summed E-state index contributed by atoms with van der Waals surface area (Å²) >= 11 is 0. The topological polar surface area (TPSA) is 50.2 Å². The van der Waals surface area contributed by atoms with Gasteiger partial charge in [0.15, 0.2) is 5.78 Å². The molecule has 0 spiro atoms. The van der Waals surface area contributed by atoms with E-state index in [1.54, 1.807) is 6.92 Å². The summed E-state index contributed by atoms with van der Waals surface area (Å²) in [5, 5.41) is 12.3. The molecule has 0 amide bonds. The van der Waals surface area contributed by atoms with Crippen molar-refractivity contribution in [1.82, 2.24) is 4.98 Å². The average molecular weight is 679 g/mol. The molecule has 2 aromatic carbocycles. The Hall–Kier alpha value is -2.29. The largest absolute Gasteiger partial charge is 0.511 e. The average Bonchev–Trinajstić information content (AvgIpc) is 2.79. The molecule has 203 valence electrons. The van der Waals surface area contributed by atoms with Crippen molar-refractivity contribution >= 4 is 16.6 Å². The fourth-order valence-corrected chi connectivity index (χ4v) is 4.21. The standard InChI is InChI=1S/C21H22N.C12H22O2.Ir/c1-5-16(4)17-6-7-20-18(13-17)8-9-22-21(20)19-11-14(2)10-15(3)12-19;1-8(9(13)11(2,3)4)10(14)12(5,6)7;/h6-11,13,16H,5H2,1-4H3;13H,1-7H3;/q-1;;/b;9-8-;. The molecule has 0 saturated carbocycles. The summed E-state index contributed by atoms with van der Waals surface area (Å²) in [5.41, 5.74) is 5.61. The Morgan fingerprint density at radius 1 is 1.00 bits per heavy atom. The Labute approximate surface area is 238 Å². The molecule has 0 aliphatic rings. The number of rotatable bonds is 4. The molecular weight excluding hydrogens is 635 g/mol. The maximum Gasteiger partial charge on any atom is 0.167 e. The summed E-state index contributed by atoms with van der Waals surface area (Å²) in [7, 11) is 0. The van der Waals surface area contributed by atoms with Gasteiger partial charge in [-0.25, -0.2) is 0 Å². The number of aliphatic hydroxyl groups is 1. The molecule has 0 bridgehead atoms. The Kier molecular flexibility index (Phi) is 11.5. The second-order valence-corrected chi connectivity index (χ2v) is 12.0. The number of carbonyl (C=O) groups excluding carboxylic acids is 1. The van der Waals surface area contributed by atoms with Crippen LogP contribution in [0.25, 0.3) is 22.0 Å². The molecule has 1 N–H and O–H groups in total. The number of benzene rings is 2. The van der Waals surface area contributed by atoms with Crippen molar-refractivity contribution < 1.29 is 30.0 Å². The van der Waals surface area contributed by atoms with Crippen LogP contribution in [0.4, 0.5) is 0 Å². The van der Waals surface area contributed by atoms with Crippen molar-refractivity contribution in [3.63, 3.8) is 0 Å². The minimum absolute atomic E-state index is 0. The quantitative estimate of drug-likeness (QED) is 0.170. The van der Waals surface area contributed by atoms with Crippen LogP contribution in [0.1, 0.15) is 91.3 Å². The first-order valence-corrected chi connectivity index (χ1v) is 12.9. The zero-order chi connectivity index (χ0) is 27.4. The Morgan fingerprint density at radius 3 is 2.14 bits per heavy atom. The Balaban J connectivity index is 0.000000401. The van der Waals surface area contributed by atoms with Gasteiger partial charge in [0.05, 0.1) is 0 Å². The van der Waals surface area contributed by atoms with Gasteiger partial charge in [-0.05, 0) is 47.4 Å². The molecule has 0 saturated heterocycles.